The van der Waals surface area contributed by atoms with Crippen LogP contribution in [-0.2, 0) is 7.05 Å². The zero-order valence-corrected chi connectivity index (χ0v) is 17.8. The van der Waals surface area contributed by atoms with E-state index in [0.29, 0.717) is 42.7 Å². The van der Waals surface area contributed by atoms with E-state index in [1.807, 2.05) is 64.9 Å². The van der Waals surface area contributed by atoms with Crippen molar-refractivity contribution in [3.05, 3.63) is 76.5 Å². The number of nitrogens with one attached hydrogen (secondary N) is 1. The molecule has 2 aromatic carbocycles. The van der Waals surface area contributed by atoms with Gasteiger partial charge in [0.25, 0.3) is 5.56 Å². The molecular weight excluding hydrogens is 401 g/mol. The Morgan fingerprint density at radius 2 is 1.63 bits per heavy atom. The molecule has 1 aliphatic heterocycles. The van der Waals surface area contributed by atoms with Crippen molar-refractivity contribution in [2.75, 3.05) is 36.4 Å². The lowest BCUT2D eigenvalue weighted by Crippen LogP contribution is -2.50. The maximum absolute atomic E-state index is 14.1. The van der Waals surface area contributed by atoms with Crippen molar-refractivity contribution in [2.45, 2.75) is 6.92 Å². The van der Waals surface area contributed by atoms with Crippen LogP contribution in [0.2, 0.25) is 0 Å². The highest BCUT2D eigenvalue weighted by Gasteiger charge is 2.23. The van der Waals surface area contributed by atoms with Crippen molar-refractivity contribution in [3.63, 3.8) is 0 Å². The Balaban J connectivity index is 1.48. The summed E-state index contributed by atoms with van der Waals surface area (Å²) in [6, 6.07) is 16.3. The first-order chi connectivity index (χ1) is 14.5. The van der Waals surface area contributed by atoms with Crippen molar-refractivity contribution < 1.29 is 4.39 Å². The van der Waals surface area contributed by atoms with Crippen LogP contribution >= 0.6 is 12.2 Å². The van der Waals surface area contributed by atoms with Gasteiger partial charge in [0.1, 0.15) is 11.5 Å². The highest BCUT2D eigenvalue weighted by atomic mass is 32.1. The molecule has 3 aromatic rings. The molecule has 0 atom stereocenters. The summed E-state index contributed by atoms with van der Waals surface area (Å²) in [5.74, 6) is -0.215. The lowest BCUT2D eigenvalue weighted by Gasteiger charge is -2.37. The normalized spacial score (nSPS) is 14.1. The summed E-state index contributed by atoms with van der Waals surface area (Å²) in [6.07, 6.45) is 0. The summed E-state index contributed by atoms with van der Waals surface area (Å²) in [5.41, 5.74) is 2.54. The molecule has 30 heavy (non-hydrogen) atoms. The number of rotatable bonds is 3. The summed E-state index contributed by atoms with van der Waals surface area (Å²) >= 11 is 5.59. The molecule has 0 bridgehead atoms. The third-order valence-electron chi connectivity index (χ3n) is 5.55. The number of nitrogens with zero attached hydrogens (tertiary/aromatic N) is 4. The molecule has 156 valence electrons. The molecular formula is C22H24FN5OS. The maximum Gasteiger partial charge on any atom is 0.295 e. The van der Waals surface area contributed by atoms with Gasteiger partial charge in [-0.1, -0.05) is 30.3 Å². The molecule has 1 N–H and O–H groups in total. The second kappa shape index (κ2) is 8.31. The first kappa shape index (κ1) is 20.2. The molecule has 0 saturated carbocycles. The minimum atomic E-state index is -0.215. The summed E-state index contributed by atoms with van der Waals surface area (Å²) in [7, 11) is 1.85. The number of anilines is 2. The fourth-order valence-corrected chi connectivity index (χ4v) is 4.04. The van der Waals surface area contributed by atoms with Gasteiger partial charge >= 0.3 is 0 Å². The van der Waals surface area contributed by atoms with Gasteiger partial charge in [0.2, 0.25) is 0 Å². The lowest BCUT2D eigenvalue weighted by molar-refractivity contribution is 0.388. The molecule has 6 nitrogen and oxygen atoms in total. The molecule has 1 aromatic heterocycles. The SMILES string of the molecule is Cc1c(NC(=S)N2CCN(c3ccccc3F)CC2)c(=O)n(-c2ccccc2)n1C. The van der Waals surface area contributed by atoms with Gasteiger partial charge < -0.3 is 15.1 Å². The van der Waals surface area contributed by atoms with Gasteiger partial charge in [-0.05, 0) is 43.4 Å². The van der Waals surface area contributed by atoms with E-state index in [1.165, 1.54) is 6.07 Å². The molecule has 8 heteroatoms. The van der Waals surface area contributed by atoms with Crippen LogP contribution in [0.1, 0.15) is 5.69 Å². The summed E-state index contributed by atoms with van der Waals surface area (Å²) in [4.78, 5) is 17.1. The first-order valence-electron chi connectivity index (χ1n) is 9.87. The van der Waals surface area contributed by atoms with Crippen LogP contribution in [0.4, 0.5) is 15.8 Å². The van der Waals surface area contributed by atoms with Crippen LogP contribution in [0, 0.1) is 12.7 Å². The standard InChI is InChI=1S/C22H24FN5OS/c1-16-20(21(29)28(25(16)2)17-8-4-3-5-9-17)24-22(30)27-14-12-26(13-15-27)19-11-7-6-10-18(19)23/h3-11H,12-15H2,1-2H3,(H,24,30). The van der Waals surface area contributed by atoms with E-state index in [-0.39, 0.29) is 11.4 Å². The van der Waals surface area contributed by atoms with Gasteiger partial charge in [-0.2, -0.15) is 0 Å². The minimum Gasteiger partial charge on any atom is -0.366 e. The Hall–Kier alpha value is -3.13. The van der Waals surface area contributed by atoms with E-state index >= 15 is 0 Å². The van der Waals surface area contributed by atoms with Crippen LogP contribution in [0.15, 0.2) is 59.4 Å². The van der Waals surface area contributed by atoms with Crippen molar-refractivity contribution in [1.29, 1.82) is 0 Å². The summed E-state index contributed by atoms with van der Waals surface area (Å²) < 4.78 is 17.5. The average molecular weight is 426 g/mol. The van der Waals surface area contributed by atoms with Crippen LogP contribution in [0.25, 0.3) is 5.69 Å². The van der Waals surface area contributed by atoms with Gasteiger partial charge in [0.15, 0.2) is 5.11 Å². The quantitative estimate of drug-likeness (QED) is 0.654. The number of hydrogen-bond acceptors (Lipinski definition) is 3. The van der Waals surface area contributed by atoms with Crippen molar-refractivity contribution >= 4 is 28.7 Å². The maximum atomic E-state index is 14.1. The molecule has 4 rings (SSSR count). The fourth-order valence-electron chi connectivity index (χ4n) is 3.76. The monoisotopic (exact) mass is 425 g/mol. The Bertz CT molecular complexity index is 1120. The highest BCUT2D eigenvalue weighted by Crippen LogP contribution is 2.21. The Morgan fingerprint density at radius 3 is 2.30 bits per heavy atom. The minimum absolute atomic E-state index is 0.145. The highest BCUT2D eigenvalue weighted by molar-refractivity contribution is 7.80. The second-order valence-corrected chi connectivity index (χ2v) is 7.68. The third kappa shape index (κ3) is 3.70. The van der Waals surface area contributed by atoms with Gasteiger partial charge in [-0.3, -0.25) is 9.48 Å². The molecule has 1 fully saturated rings. The number of benzene rings is 2. The largest absolute Gasteiger partial charge is 0.366 e. The third-order valence-corrected chi connectivity index (χ3v) is 5.91. The second-order valence-electron chi connectivity index (χ2n) is 7.29. The summed E-state index contributed by atoms with van der Waals surface area (Å²) in [5, 5.41) is 3.66. The topological polar surface area (TPSA) is 45.4 Å². The van der Waals surface area contributed by atoms with E-state index in [9.17, 15) is 9.18 Å². The van der Waals surface area contributed by atoms with E-state index in [2.05, 4.69) is 5.32 Å². The molecule has 2 heterocycles. The van der Waals surface area contributed by atoms with E-state index < -0.39 is 0 Å². The molecule has 0 unspecified atom stereocenters. The van der Waals surface area contributed by atoms with Crippen molar-refractivity contribution in [3.8, 4) is 5.69 Å². The van der Waals surface area contributed by atoms with Crippen LogP contribution in [-0.4, -0.2) is 45.6 Å². The number of halogens is 1. The number of thiocarbonyl (C=S) groups is 1. The van der Waals surface area contributed by atoms with Crippen molar-refractivity contribution in [1.82, 2.24) is 14.3 Å². The smallest absolute Gasteiger partial charge is 0.295 e. The molecule has 0 aliphatic carbocycles. The molecule has 1 saturated heterocycles. The van der Waals surface area contributed by atoms with E-state index in [0.717, 1.165) is 11.4 Å². The lowest BCUT2D eigenvalue weighted by atomic mass is 10.2. The molecule has 0 amide bonds. The van der Waals surface area contributed by atoms with Crippen molar-refractivity contribution in [2.24, 2.45) is 7.05 Å². The number of piperazine rings is 1. The number of para-hydroxylation sites is 2. The van der Waals surface area contributed by atoms with Crippen LogP contribution in [0.3, 0.4) is 0 Å². The Labute approximate surface area is 180 Å². The molecule has 0 radical (unpaired) electrons. The van der Waals surface area contributed by atoms with Crippen LogP contribution in [0.5, 0.6) is 0 Å². The zero-order valence-electron chi connectivity index (χ0n) is 17.0. The van der Waals surface area contributed by atoms with Gasteiger partial charge in [0, 0.05) is 33.2 Å². The van der Waals surface area contributed by atoms with Crippen LogP contribution < -0.4 is 15.8 Å². The van der Waals surface area contributed by atoms with Gasteiger partial charge in [0.05, 0.1) is 17.1 Å². The van der Waals surface area contributed by atoms with Gasteiger partial charge in [-0.15, -0.1) is 0 Å². The molecule has 1 aliphatic rings. The van der Waals surface area contributed by atoms with E-state index in [1.54, 1.807) is 16.8 Å². The van der Waals surface area contributed by atoms with Gasteiger partial charge in [-0.25, -0.2) is 9.07 Å². The predicted molar refractivity (Wildman–Crippen MR) is 122 cm³/mol. The first-order valence-corrected chi connectivity index (χ1v) is 10.3. The fraction of sp³-hybridized carbons (Fsp3) is 0.273. The van der Waals surface area contributed by atoms with E-state index in [4.69, 9.17) is 12.2 Å². The Morgan fingerprint density at radius 1 is 1.00 bits per heavy atom. The average Bonchev–Trinajstić information content (AvgIpc) is 2.98. The predicted octanol–water partition coefficient (Wildman–Crippen LogP) is 3.14. The zero-order chi connectivity index (χ0) is 21.3. The molecule has 0 spiro atoms. The summed E-state index contributed by atoms with van der Waals surface area (Å²) in [6.45, 7) is 4.51. The Kier molecular flexibility index (Phi) is 5.59. The number of aromatic nitrogens is 2. The number of hydrogen-bond donors (Lipinski definition) is 1.